The van der Waals surface area contributed by atoms with Crippen LogP contribution < -0.4 is 5.32 Å². The number of hydrogen-bond donors (Lipinski definition) is 2. The van der Waals surface area contributed by atoms with Crippen LogP contribution in [0.4, 0.5) is 4.79 Å². The summed E-state index contributed by atoms with van der Waals surface area (Å²) >= 11 is 0. The summed E-state index contributed by atoms with van der Waals surface area (Å²) in [6.45, 7) is 5.68. The van der Waals surface area contributed by atoms with Crippen LogP contribution in [0, 0.1) is 0 Å². The molecule has 1 aliphatic heterocycles. The molecule has 2 N–H and O–H groups in total. The third-order valence-electron chi connectivity index (χ3n) is 2.58. The normalized spacial score (nSPS) is 17.2. The molecule has 82 valence electrons. The van der Waals surface area contributed by atoms with E-state index in [-0.39, 0.29) is 18.2 Å². The van der Waals surface area contributed by atoms with E-state index >= 15 is 0 Å². The molecule has 1 fully saturated rings. The molecule has 0 bridgehead atoms. The number of urea groups is 1. The quantitative estimate of drug-likeness (QED) is 0.712. The maximum absolute atomic E-state index is 11.7. The van der Waals surface area contributed by atoms with E-state index in [1.54, 1.807) is 0 Å². The Balaban J connectivity index is 2.38. The van der Waals surface area contributed by atoms with Gasteiger partial charge in [0, 0.05) is 25.2 Å². The first-order chi connectivity index (χ1) is 6.55. The summed E-state index contributed by atoms with van der Waals surface area (Å²) in [5, 5.41) is 11.7. The van der Waals surface area contributed by atoms with Crippen molar-refractivity contribution in [3.8, 4) is 0 Å². The van der Waals surface area contributed by atoms with Gasteiger partial charge < -0.3 is 15.3 Å². The van der Waals surface area contributed by atoms with Gasteiger partial charge in [0.05, 0.1) is 0 Å². The van der Waals surface area contributed by atoms with Crippen molar-refractivity contribution >= 4 is 6.03 Å². The number of aliphatic hydroxyl groups is 1. The van der Waals surface area contributed by atoms with Gasteiger partial charge >= 0.3 is 6.03 Å². The average Bonchev–Trinajstić information content (AvgIpc) is 2.53. The molecule has 0 spiro atoms. The zero-order valence-electron chi connectivity index (χ0n) is 9.05. The molecule has 1 heterocycles. The molecular weight excluding hydrogens is 180 g/mol. The molecule has 4 nitrogen and oxygen atoms in total. The van der Waals surface area contributed by atoms with E-state index < -0.39 is 0 Å². The van der Waals surface area contributed by atoms with Crippen LogP contribution in [0.2, 0.25) is 0 Å². The van der Waals surface area contributed by atoms with Crippen LogP contribution in [0.5, 0.6) is 0 Å². The summed E-state index contributed by atoms with van der Waals surface area (Å²) in [4.78, 5) is 13.5. The molecule has 4 heteroatoms. The molecule has 0 aliphatic carbocycles. The molecule has 0 unspecified atom stereocenters. The van der Waals surface area contributed by atoms with Gasteiger partial charge in [0.15, 0.2) is 0 Å². The van der Waals surface area contributed by atoms with Gasteiger partial charge in [0.1, 0.15) is 0 Å². The van der Waals surface area contributed by atoms with E-state index in [0.717, 1.165) is 25.9 Å². The minimum absolute atomic E-state index is 0.000880. The van der Waals surface area contributed by atoms with Gasteiger partial charge in [-0.25, -0.2) is 4.79 Å². The fourth-order valence-electron chi connectivity index (χ4n) is 1.63. The van der Waals surface area contributed by atoms with Crippen LogP contribution in [0.15, 0.2) is 0 Å². The van der Waals surface area contributed by atoms with Crippen LogP contribution in [0.25, 0.3) is 0 Å². The summed E-state index contributed by atoms with van der Waals surface area (Å²) in [5.74, 6) is 0. The number of carbonyl (C=O) groups excluding carboxylic acids is 1. The van der Waals surface area contributed by atoms with Gasteiger partial charge in [-0.2, -0.15) is 0 Å². The van der Waals surface area contributed by atoms with Crippen LogP contribution in [-0.2, 0) is 0 Å². The van der Waals surface area contributed by atoms with E-state index in [2.05, 4.69) is 5.32 Å². The maximum Gasteiger partial charge on any atom is 0.317 e. The topological polar surface area (TPSA) is 52.6 Å². The third kappa shape index (κ3) is 3.18. The Kier molecular flexibility index (Phi) is 3.75. The average molecular weight is 200 g/mol. The minimum Gasteiger partial charge on any atom is -0.396 e. The van der Waals surface area contributed by atoms with E-state index in [0.29, 0.717) is 6.42 Å². The minimum atomic E-state index is -0.311. The zero-order chi connectivity index (χ0) is 10.6. The SMILES string of the molecule is CC(C)(CCO)NC(=O)N1CCCC1. The standard InChI is InChI=1S/C10H20N2O2/c1-10(2,5-8-13)11-9(14)12-6-3-4-7-12/h13H,3-8H2,1-2H3,(H,11,14). The monoisotopic (exact) mass is 200 g/mol. The first kappa shape index (κ1) is 11.3. The summed E-state index contributed by atoms with van der Waals surface area (Å²) in [7, 11) is 0. The molecule has 2 amide bonds. The molecule has 0 aromatic heterocycles. The molecule has 0 aromatic rings. The molecule has 0 radical (unpaired) electrons. The lowest BCUT2D eigenvalue weighted by Gasteiger charge is -2.28. The Morgan fingerprint density at radius 1 is 1.43 bits per heavy atom. The number of nitrogens with one attached hydrogen (secondary N) is 1. The van der Waals surface area contributed by atoms with Gasteiger partial charge in [0.25, 0.3) is 0 Å². The van der Waals surface area contributed by atoms with E-state index in [1.165, 1.54) is 0 Å². The Labute approximate surface area is 85.3 Å². The summed E-state index contributed by atoms with van der Waals surface area (Å²) in [6, 6.07) is 0.000880. The van der Waals surface area contributed by atoms with E-state index in [4.69, 9.17) is 5.11 Å². The smallest absolute Gasteiger partial charge is 0.317 e. The highest BCUT2D eigenvalue weighted by Crippen LogP contribution is 2.11. The third-order valence-corrected chi connectivity index (χ3v) is 2.58. The lowest BCUT2D eigenvalue weighted by atomic mass is 10.0. The number of carbonyl (C=O) groups is 1. The second-order valence-corrected chi connectivity index (χ2v) is 4.48. The van der Waals surface area contributed by atoms with Crippen LogP contribution in [0.3, 0.4) is 0 Å². The lowest BCUT2D eigenvalue weighted by Crippen LogP contribution is -2.49. The number of amides is 2. The van der Waals surface area contributed by atoms with Crippen molar-refractivity contribution in [3.63, 3.8) is 0 Å². The first-order valence-corrected chi connectivity index (χ1v) is 5.23. The number of nitrogens with zero attached hydrogens (tertiary/aromatic N) is 1. The molecule has 1 rings (SSSR count). The first-order valence-electron chi connectivity index (χ1n) is 5.23. The van der Waals surface area contributed by atoms with Gasteiger partial charge in [-0.15, -0.1) is 0 Å². The van der Waals surface area contributed by atoms with Crippen LogP contribution in [-0.4, -0.2) is 41.3 Å². The van der Waals surface area contributed by atoms with Crippen LogP contribution in [0.1, 0.15) is 33.1 Å². The van der Waals surface area contributed by atoms with Crippen molar-refractivity contribution in [2.75, 3.05) is 19.7 Å². The highest BCUT2D eigenvalue weighted by molar-refractivity contribution is 5.75. The molecule has 1 saturated heterocycles. The summed E-state index contributed by atoms with van der Waals surface area (Å²) in [5.41, 5.74) is -0.311. The molecular formula is C10H20N2O2. The Morgan fingerprint density at radius 2 is 2.00 bits per heavy atom. The fourth-order valence-corrected chi connectivity index (χ4v) is 1.63. The molecule has 14 heavy (non-hydrogen) atoms. The second-order valence-electron chi connectivity index (χ2n) is 4.48. The molecule has 0 aromatic carbocycles. The largest absolute Gasteiger partial charge is 0.396 e. The molecule has 0 saturated carbocycles. The molecule has 1 aliphatic rings. The number of likely N-dealkylation sites (tertiary alicyclic amines) is 1. The Hall–Kier alpha value is -0.770. The number of hydrogen-bond acceptors (Lipinski definition) is 2. The summed E-state index contributed by atoms with van der Waals surface area (Å²) in [6.07, 6.45) is 2.80. The zero-order valence-corrected chi connectivity index (χ0v) is 9.05. The van der Waals surface area contributed by atoms with Crippen molar-refractivity contribution in [1.29, 1.82) is 0 Å². The van der Waals surface area contributed by atoms with Gasteiger partial charge in [0.2, 0.25) is 0 Å². The predicted molar refractivity (Wildman–Crippen MR) is 55.1 cm³/mol. The van der Waals surface area contributed by atoms with Crippen molar-refractivity contribution in [3.05, 3.63) is 0 Å². The second kappa shape index (κ2) is 4.64. The number of rotatable bonds is 3. The Bertz CT molecular complexity index is 198. The highest BCUT2D eigenvalue weighted by atomic mass is 16.3. The Morgan fingerprint density at radius 3 is 2.50 bits per heavy atom. The van der Waals surface area contributed by atoms with Crippen molar-refractivity contribution in [2.24, 2.45) is 0 Å². The summed E-state index contributed by atoms with van der Waals surface area (Å²) < 4.78 is 0. The van der Waals surface area contributed by atoms with Crippen molar-refractivity contribution in [2.45, 2.75) is 38.6 Å². The van der Waals surface area contributed by atoms with Gasteiger partial charge in [-0.05, 0) is 33.1 Å². The van der Waals surface area contributed by atoms with Crippen molar-refractivity contribution in [1.82, 2.24) is 10.2 Å². The van der Waals surface area contributed by atoms with Gasteiger partial charge in [-0.3, -0.25) is 0 Å². The maximum atomic E-state index is 11.7. The fraction of sp³-hybridized carbons (Fsp3) is 0.900. The van der Waals surface area contributed by atoms with E-state index in [1.807, 2.05) is 18.7 Å². The number of aliphatic hydroxyl groups excluding tert-OH is 1. The lowest BCUT2D eigenvalue weighted by molar-refractivity contribution is 0.185. The van der Waals surface area contributed by atoms with E-state index in [9.17, 15) is 4.79 Å². The van der Waals surface area contributed by atoms with Gasteiger partial charge in [-0.1, -0.05) is 0 Å². The van der Waals surface area contributed by atoms with Crippen LogP contribution >= 0.6 is 0 Å². The van der Waals surface area contributed by atoms with Crippen molar-refractivity contribution < 1.29 is 9.90 Å². The predicted octanol–water partition coefficient (Wildman–Crippen LogP) is 0.953. The highest BCUT2D eigenvalue weighted by Gasteiger charge is 2.24. The molecule has 0 atom stereocenters.